The van der Waals surface area contributed by atoms with E-state index in [0.29, 0.717) is 23.8 Å². The third kappa shape index (κ3) is 6.34. The first-order valence-corrected chi connectivity index (χ1v) is 8.15. The Morgan fingerprint density at radius 3 is 2.21 bits per heavy atom. The summed E-state index contributed by atoms with van der Waals surface area (Å²) < 4.78 is 12.8. The van der Waals surface area contributed by atoms with Gasteiger partial charge in [0.15, 0.2) is 5.11 Å². The van der Waals surface area contributed by atoms with Crippen LogP contribution < -0.4 is 16.0 Å². The third-order valence-corrected chi connectivity index (χ3v) is 3.63. The standard InChI is InChI=1S/C18H20FN3OS/c19-16-8-6-15(7-9-16)17(23)20-12-13-22-18(24)21-11-10-14-4-2-1-3-5-14/h1-9H,10-13H2,(H,20,23)(H2,21,22,24). The van der Waals surface area contributed by atoms with Gasteiger partial charge in [-0.1, -0.05) is 30.3 Å². The van der Waals surface area contributed by atoms with Crippen molar-refractivity contribution >= 4 is 23.2 Å². The number of benzene rings is 2. The van der Waals surface area contributed by atoms with Gasteiger partial charge in [-0.3, -0.25) is 4.79 Å². The summed E-state index contributed by atoms with van der Waals surface area (Å²) in [5.74, 6) is -0.597. The molecule has 3 N–H and O–H groups in total. The molecule has 0 radical (unpaired) electrons. The maximum absolute atomic E-state index is 12.8. The molecule has 0 fully saturated rings. The van der Waals surface area contributed by atoms with Crippen LogP contribution in [0.5, 0.6) is 0 Å². The summed E-state index contributed by atoms with van der Waals surface area (Å²) in [6.07, 6.45) is 0.893. The molecule has 126 valence electrons. The second kappa shape index (κ2) is 9.62. The monoisotopic (exact) mass is 345 g/mol. The second-order valence-electron chi connectivity index (χ2n) is 5.18. The van der Waals surface area contributed by atoms with E-state index < -0.39 is 0 Å². The molecule has 0 aromatic heterocycles. The molecule has 0 saturated carbocycles. The van der Waals surface area contributed by atoms with E-state index in [1.807, 2.05) is 18.2 Å². The molecule has 0 aliphatic carbocycles. The van der Waals surface area contributed by atoms with Gasteiger partial charge in [0.05, 0.1) is 0 Å². The number of hydrogen-bond acceptors (Lipinski definition) is 2. The van der Waals surface area contributed by atoms with E-state index in [-0.39, 0.29) is 11.7 Å². The lowest BCUT2D eigenvalue weighted by Crippen LogP contribution is -2.40. The highest BCUT2D eigenvalue weighted by Crippen LogP contribution is 2.02. The molecule has 0 heterocycles. The average Bonchev–Trinajstić information content (AvgIpc) is 2.60. The predicted octanol–water partition coefficient (Wildman–Crippen LogP) is 2.26. The molecule has 0 aliphatic heterocycles. The van der Waals surface area contributed by atoms with Crippen LogP contribution >= 0.6 is 12.2 Å². The lowest BCUT2D eigenvalue weighted by Gasteiger charge is -2.11. The van der Waals surface area contributed by atoms with Crippen molar-refractivity contribution in [2.45, 2.75) is 6.42 Å². The van der Waals surface area contributed by atoms with Gasteiger partial charge in [-0.2, -0.15) is 0 Å². The predicted molar refractivity (Wildman–Crippen MR) is 97.5 cm³/mol. The zero-order valence-electron chi connectivity index (χ0n) is 13.2. The minimum Gasteiger partial charge on any atom is -0.362 e. The molecule has 0 saturated heterocycles. The van der Waals surface area contributed by atoms with Crippen molar-refractivity contribution < 1.29 is 9.18 Å². The van der Waals surface area contributed by atoms with Crippen LogP contribution in [0.4, 0.5) is 4.39 Å². The van der Waals surface area contributed by atoms with Crippen LogP contribution in [0.1, 0.15) is 15.9 Å². The molecule has 0 unspecified atom stereocenters. The first kappa shape index (κ1) is 17.9. The minimum absolute atomic E-state index is 0.236. The minimum atomic E-state index is -0.361. The molecule has 2 aromatic rings. The van der Waals surface area contributed by atoms with Gasteiger partial charge in [0.1, 0.15) is 5.82 Å². The first-order valence-electron chi connectivity index (χ1n) is 7.74. The maximum Gasteiger partial charge on any atom is 0.251 e. The number of nitrogens with one attached hydrogen (secondary N) is 3. The largest absolute Gasteiger partial charge is 0.362 e. The summed E-state index contributed by atoms with van der Waals surface area (Å²) >= 11 is 5.18. The van der Waals surface area contributed by atoms with Crippen LogP contribution in [-0.2, 0) is 6.42 Å². The summed E-state index contributed by atoms with van der Waals surface area (Å²) in [4.78, 5) is 11.8. The molecule has 2 aromatic carbocycles. The third-order valence-electron chi connectivity index (χ3n) is 3.34. The molecule has 0 atom stereocenters. The Labute approximate surface area is 146 Å². The summed E-state index contributed by atoms with van der Waals surface area (Å²) in [6.45, 7) is 1.69. The average molecular weight is 345 g/mol. The number of carbonyl (C=O) groups excluding carboxylic acids is 1. The lowest BCUT2D eigenvalue weighted by molar-refractivity contribution is 0.0954. The fourth-order valence-electron chi connectivity index (χ4n) is 2.08. The molecule has 4 nitrogen and oxygen atoms in total. The van der Waals surface area contributed by atoms with Crippen LogP contribution in [0.25, 0.3) is 0 Å². The van der Waals surface area contributed by atoms with Crippen molar-refractivity contribution in [3.63, 3.8) is 0 Å². The Bertz CT molecular complexity index is 662. The molecule has 2 rings (SSSR count). The lowest BCUT2D eigenvalue weighted by atomic mass is 10.1. The highest BCUT2D eigenvalue weighted by molar-refractivity contribution is 7.80. The first-order chi connectivity index (χ1) is 11.6. The Morgan fingerprint density at radius 2 is 1.50 bits per heavy atom. The second-order valence-corrected chi connectivity index (χ2v) is 5.59. The number of carbonyl (C=O) groups is 1. The van der Waals surface area contributed by atoms with Crippen molar-refractivity contribution in [1.82, 2.24) is 16.0 Å². The summed E-state index contributed by atoms with van der Waals surface area (Å²) in [5, 5.41) is 9.46. The van der Waals surface area contributed by atoms with E-state index in [0.717, 1.165) is 13.0 Å². The van der Waals surface area contributed by atoms with Gasteiger partial charge in [-0.15, -0.1) is 0 Å². The van der Waals surface area contributed by atoms with Gasteiger partial charge in [0.2, 0.25) is 0 Å². The van der Waals surface area contributed by atoms with Crippen molar-refractivity contribution in [3.05, 3.63) is 71.5 Å². The van der Waals surface area contributed by atoms with Crippen LogP contribution in [0, 0.1) is 5.82 Å². The highest BCUT2D eigenvalue weighted by atomic mass is 32.1. The molecule has 1 amide bonds. The quantitative estimate of drug-likeness (QED) is 0.532. The van der Waals surface area contributed by atoms with Crippen molar-refractivity contribution in [2.75, 3.05) is 19.6 Å². The van der Waals surface area contributed by atoms with E-state index in [2.05, 4.69) is 28.1 Å². The number of halogens is 1. The van der Waals surface area contributed by atoms with Gasteiger partial charge in [0, 0.05) is 25.2 Å². The Balaban J connectivity index is 1.57. The number of amides is 1. The SMILES string of the molecule is O=C(NCCNC(=S)NCCc1ccccc1)c1ccc(F)cc1. The van der Waals surface area contributed by atoms with Crippen LogP contribution in [-0.4, -0.2) is 30.7 Å². The highest BCUT2D eigenvalue weighted by Gasteiger charge is 2.04. The molecule has 24 heavy (non-hydrogen) atoms. The van der Waals surface area contributed by atoms with E-state index in [1.165, 1.54) is 29.8 Å². The maximum atomic E-state index is 12.8. The van der Waals surface area contributed by atoms with Gasteiger partial charge in [-0.25, -0.2) is 4.39 Å². The fraction of sp³-hybridized carbons (Fsp3) is 0.222. The van der Waals surface area contributed by atoms with E-state index in [1.54, 1.807) is 0 Å². The van der Waals surface area contributed by atoms with Gasteiger partial charge in [-0.05, 0) is 48.5 Å². The van der Waals surface area contributed by atoms with Gasteiger partial charge in [0.25, 0.3) is 5.91 Å². The summed E-state index contributed by atoms with van der Waals surface area (Å²) in [6, 6.07) is 15.6. The number of thiocarbonyl (C=S) groups is 1. The normalized spacial score (nSPS) is 10.0. The van der Waals surface area contributed by atoms with Crippen molar-refractivity contribution in [3.8, 4) is 0 Å². The van der Waals surface area contributed by atoms with Gasteiger partial charge >= 0.3 is 0 Å². The molecule has 0 aliphatic rings. The molecule has 0 spiro atoms. The Morgan fingerprint density at radius 1 is 0.875 bits per heavy atom. The summed E-state index contributed by atoms with van der Waals surface area (Å²) in [5.41, 5.74) is 1.68. The molecule has 6 heteroatoms. The van der Waals surface area contributed by atoms with Crippen LogP contribution in [0.2, 0.25) is 0 Å². The topological polar surface area (TPSA) is 53.2 Å². The Kier molecular flexibility index (Phi) is 7.17. The zero-order valence-corrected chi connectivity index (χ0v) is 14.0. The van der Waals surface area contributed by atoms with Crippen molar-refractivity contribution in [1.29, 1.82) is 0 Å². The van der Waals surface area contributed by atoms with E-state index >= 15 is 0 Å². The summed E-state index contributed by atoms with van der Waals surface area (Å²) in [7, 11) is 0. The van der Waals surface area contributed by atoms with Gasteiger partial charge < -0.3 is 16.0 Å². The van der Waals surface area contributed by atoms with Crippen LogP contribution in [0.3, 0.4) is 0 Å². The molecular formula is C18H20FN3OS. The van der Waals surface area contributed by atoms with Crippen LogP contribution in [0.15, 0.2) is 54.6 Å². The van der Waals surface area contributed by atoms with E-state index in [4.69, 9.17) is 12.2 Å². The number of rotatable bonds is 7. The Hall–Kier alpha value is -2.47. The van der Waals surface area contributed by atoms with Crippen molar-refractivity contribution in [2.24, 2.45) is 0 Å². The smallest absolute Gasteiger partial charge is 0.251 e. The molecule has 0 bridgehead atoms. The zero-order chi connectivity index (χ0) is 17.2. The van der Waals surface area contributed by atoms with E-state index in [9.17, 15) is 9.18 Å². The number of hydrogen-bond donors (Lipinski definition) is 3. The fourth-order valence-corrected chi connectivity index (χ4v) is 2.29. The molecular weight excluding hydrogens is 325 g/mol.